The van der Waals surface area contributed by atoms with Crippen molar-refractivity contribution in [3.05, 3.63) is 23.8 Å². The molecule has 0 rings (SSSR count). The lowest BCUT2D eigenvalue weighted by Crippen LogP contribution is -1.73. The second-order valence-electron chi connectivity index (χ2n) is 2.24. The minimum atomic E-state index is 0.847. The molecule has 54 valence electrons. The molecule has 0 aromatic heterocycles. The Morgan fingerprint density at radius 3 is 2.80 bits per heavy atom. The maximum Gasteiger partial charge on any atom is 0.0123 e. The number of hydrogen-bond acceptors (Lipinski definition) is 0. The molecule has 0 aliphatic rings. The Labute approximate surface area is 63.6 Å². The number of rotatable bonds is 3. The van der Waals surface area contributed by atoms with Crippen molar-refractivity contribution in [1.82, 2.24) is 0 Å². The molecule has 0 saturated carbocycles. The second kappa shape index (κ2) is 6.16. The van der Waals surface area contributed by atoms with E-state index in [-0.39, 0.29) is 0 Å². The predicted molar refractivity (Wildman–Crippen MR) is 46.6 cm³/mol. The van der Waals surface area contributed by atoms with Crippen LogP contribution < -0.4 is 0 Å². The lowest BCUT2D eigenvalue weighted by molar-refractivity contribution is 1.00. The molecule has 0 radical (unpaired) electrons. The van der Waals surface area contributed by atoms with Crippen LogP contribution in [-0.2, 0) is 0 Å². The molecule has 0 aliphatic heterocycles. The van der Waals surface area contributed by atoms with Crippen molar-refractivity contribution in [2.24, 2.45) is 0 Å². The number of hydrogen-bond donors (Lipinski definition) is 0. The molecule has 0 aromatic rings. The standard InChI is InChI=1S/C10H14/c1-4-6-8-10(3)9-7-5-2/h1,5,7,9H,6,8H2,2-3H3/b7-5-,10-9+. The van der Waals surface area contributed by atoms with Gasteiger partial charge in [-0.1, -0.05) is 23.8 Å². The summed E-state index contributed by atoms with van der Waals surface area (Å²) in [6, 6.07) is 0. The average molecular weight is 134 g/mol. The lowest BCUT2D eigenvalue weighted by atomic mass is 10.1. The van der Waals surface area contributed by atoms with Crippen molar-refractivity contribution < 1.29 is 0 Å². The zero-order valence-corrected chi connectivity index (χ0v) is 6.72. The molecule has 0 spiro atoms. The quantitative estimate of drug-likeness (QED) is 0.411. The van der Waals surface area contributed by atoms with Crippen LogP contribution in [0.2, 0.25) is 0 Å². The highest BCUT2D eigenvalue weighted by molar-refractivity contribution is 5.10. The first-order valence-corrected chi connectivity index (χ1v) is 3.53. The van der Waals surface area contributed by atoms with Crippen LogP contribution in [0.25, 0.3) is 0 Å². The van der Waals surface area contributed by atoms with Gasteiger partial charge < -0.3 is 0 Å². The van der Waals surface area contributed by atoms with Gasteiger partial charge in [0.05, 0.1) is 0 Å². The van der Waals surface area contributed by atoms with Crippen LogP contribution in [0.5, 0.6) is 0 Å². The summed E-state index contributed by atoms with van der Waals surface area (Å²) in [7, 11) is 0. The Morgan fingerprint density at radius 1 is 1.60 bits per heavy atom. The number of terminal acetylenes is 1. The monoisotopic (exact) mass is 134 g/mol. The largest absolute Gasteiger partial charge is 0.120 e. The average Bonchev–Trinajstić information content (AvgIpc) is 1.97. The molecule has 10 heavy (non-hydrogen) atoms. The van der Waals surface area contributed by atoms with Crippen LogP contribution in [0.1, 0.15) is 26.7 Å². The Balaban J connectivity index is 3.62. The van der Waals surface area contributed by atoms with Crippen molar-refractivity contribution in [3.8, 4) is 12.3 Å². The van der Waals surface area contributed by atoms with Gasteiger partial charge in [-0.2, -0.15) is 0 Å². The molecular formula is C10H14. The molecule has 0 saturated heterocycles. The van der Waals surface area contributed by atoms with E-state index in [4.69, 9.17) is 6.42 Å². The minimum absolute atomic E-state index is 0.847. The molecule has 0 heterocycles. The normalized spacial score (nSPS) is 11.9. The smallest absolute Gasteiger partial charge is 0.0123 e. The molecule has 0 bridgehead atoms. The highest BCUT2D eigenvalue weighted by Crippen LogP contribution is 2.02. The SMILES string of the molecule is C#CCC/C(C)=C/C=C\C. The van der Waals surface area contributed by atoms with Crippen LogP contribution in [0.4, 0.5) is 0 Å². The molecule has 0 heteroatoms. The summed E-state index contributed by atoms with van der Waals surface area (Å²) >= 11 is 0. The molecule has 0 N–H and O–H groups in total. The first kappa shape index (κ1) is 9.04. The van der Waals surface area contributed by atoms with Gasteiger partial charge in [-0.25, -0.2) is 0 Å². The first-order chi connectivity index (χ1) is 4.81. The summed E-state index contributed by atoms with van der Waals surface area (Å²) in [6.07, 6.45) is 13.1. The maximum atomic E-state index is 5.11. The summed E-state index contributed by atoms with van der Waals surface area (Å²) < 4.78 is 0. The Morgan fingerprint density at radius 2 is 2.30 bits per heavy atom. The molecule has 0 aliphatic carbocycles. The van der Waals surface area contributed by atoms with E-state index < -0.39 is 0 Å². The molecule has 0 aromatic carbocycles. The van der Waals surface area contributed by atoms with Gasteiger partial charge >= 0.3 is 0 Å². The van der Waals surface area contributed by atoms with Gasteiger partial charge in [0.1, 0.15) is 0 Å². The summed E-state index contributed by atoms with van der Waals surface area (Å²) in [6.45, 7) is 4.10. The van der Waals surface area contributed by atoms with Gasteiger partial charge in [0, 0.05) is 6.42 Å². The van der Waals surface area contributed by atoms with Crippen molar-refractivity contribution in [2.45, 2.75) is 26.7 Å². The van der Waals surface area contributed by atoms with Gasteiger partial charge in [0.15, 0.2) is 0 Å². The van der Waals surface area contributed by atoms with Crippen LogP contribution in [-0.4, -0.2) is 0 Å². The van der Waals surface area contributed by atoms with Gasteiger partial charge in [0.2, 0.25) is 0 Å². The van der Waals surface area contributed by atoms with Crippen LogP contribution in [0.15, 0.2) is 23.8 Å². The van der Waals surface area contributed by atoms with Crippen molar-refractivity contribution >= 4 is 0 Å². The highest BCUT2D eigenvalue weighted by Gasteiger charge is 1.83. The van der Waals surface area contributed by atoms with E-state index in [1.807, 2.05) is 19.1 Å². The van der Waals surface area contributed by atoms with E-state index in [0.717, 1.165) is 12.8 Å². The fourth-order valence-electron chi connectivity index (χ4n) is 0.613. The summed E-state index contributed by atoms with van der Waals surface area (Å²) in [5, 5.41) is 0. The molecule has 0 fully saturated rings. The molecule has 0 atom stereocenters. The van der Waals surface area contributed by atoms with E-state index in [1.165, 1.54) is 5.57 Å². The predicted octanol–water partition coefficient (Wildman–Crippen LogP) is 2.92. The van der Waals surface area contributed by atoms with E-state index in [0.29, 0.717) is 0 Å². The van der Waals surface area contributed by atoms with Crippen LogP contribution >= 0.6 is 0 Å². The van der Waals surface area contributed by atoms with E-state index in [2.05, 4.69) is 18.9 Å². The van der Waals surface area contributed by atoms with E-state index in [1.54, 1.807) is 0 Å². The fraction of sp³-hybridized carbons (Fsp3) is 0.400. The Hall–Kier alpha value is -0.960. The summed E-state index contributed by atoms with van der Waals surface area (Å²) in [5.74, 6) is 2.61. The third-order valence-corrected chi connectivity index (χ3v) is 1.24. The minimum Gasteiger partial charge on any atom is -0.120 e. The topological polar surface area (TPSA) is 0 Å². The zero-order chi connectivity index (χ0) is 7.82. The van der Waals surface area contributed by atoms with Gasteiger partial charge in [-0.3, -0.25) is 0 Å². The molecular weight excluding hydrogens is 120 g/mol. The fourth-order valence-corrected chi connectivity index (χ4v) is 0.613. The molecule has 0 unspecified atom stereocenters. The summed E-state index contributed by atoms with van der Waals surface area (Å²) in [5.41, 5.74) is 1.34. The van der Waals surface area contributed by atoms with Crippen LogP contribution in [0.3, 0.4) is 0 Å². The maximum absolute atomic E-state index is 5.11. The molecule has 0 amide bonds. The van der Waals surface area contributed by atoms with Crippen LogP contribution in [0, 0.1) is 12.3 Å². The van der Waals surface area contributed by atoms with Crippen molar-refractivity contribution in [1.29, 1.82) is 0 Å². The lowest BCUT2D eigenvalue weighted by Gasteiger charge is -1.92. The summed E-state index contributed by atoms with van der Waals surface area (Å²) in [4.78, 5) is 0. The Bertz CT molecular complexity index is 165. The third-order valence-electron chi connectivity index (χ3n) is 1.24. The van der Waals surface area contributed by atoms with Crippen molar-refractivity contribution in [3.63, 3.8) is 0 Å². The zero-order valence-electron chi connectivity index (χ0n) is 6.72. The van der Waals surface area contributed by atoms with E-state index >= 15 is 0 Å². The van der Waals surface area contributed by atoms with Gasteiger partial charge in [0.25, 0.3) is 0 Å². The first-order valence-electron chi connectivity index (χ1n) is 3.53. The number of allylic oxidation sites excluding steroid dienone is 4. The van der Waals surface area contributed by atoms with E-state index in [9.17, 15) is 0 Å². The highest BCUT2D eigenvalue weighted by atomic mass is 13.9. The van der Waals surface area contributed by atoms with Gasteiger partial charge in [-0.15, -0.1) is 12.3 Å². The third kappa shape index (κ3) is 5.18. The second-order valence-corrected chi connectivity index (χ2v) is 2.24. The van der Waals surface area contributed by atoms with Gasteiger partial charge in [-0.05, 0) is 20.3 Å². The molecule has 0 nitrogen and oxygen atoms in total. The Kier molecular flexibility index (Phi) is 5.57. The van der Waals surface area contributed by atoms with Crippen molar-refractivity contribution in [2.75, 3.05) is 0 Å².